The minimum absolute atomic E-state index is 0.00878. The molecule has 0 saturated carbocycles. The van der Waals surface area contributed by atoms with E-state index in [1.165, 1.54) is 6.42 Å². The molecule has 3 nitrogen and oxygen atoms in total. The van der Waals surface area contributed by atoms with Crippen LogP contribution < -0.4 is 5.32 Å². The summed E-state index contributed by atoms with van der Waals surface area (Å²) in [6.07, 6.45) is 4.39. The summed E-state index contributed by atoms with van der Waals surface area (Å²) in [6, 6.07) is 4.93. The molecule has 0 aliphatic carbocycles. The Morgan fingerprint density at radius 1 is 1.21 bits per heavy atom. The number of aliphatic imine (C=N–C) groups is 1. The maximum Gasteiger partial charge on any atom is 0.181 e. The van der Waals surface area contributed by atoms with Gasteiger partial charge in [0, 0.05) is 18.5 Å². The lowest BCUT2D eigenvalue weighted by Gasteiger charge is -2.08. The van der Waals surface area contributed by atoms with Gasteiger partial charge in [0.2, 0.25) is 0 Å². The molecule has 0 saturated heterocycles. The highest BCUT2D eigenvalue weighted by molar-refractivity contribution is 6.42. The van der Waals surface area contributed by atoms with Gasteiger partial charge in [-0.25, -0.2) is 0 Å². The third-order valence-corrected chi connectivity index (χ3v) is 3.81. The van der Waals surface area contributed by atoms with Crippen LogP contribution in [0, 0.1) is 0 Å². The van der Waals surface area contributed by atoms with Crippen LogP contribution in [0.25, 0.3) is 0 Å². The van der Waals surface area contributed by atoms with Crippen molar-refractivity contribution in [3.8, 4) is 0 Å². The first kappa shape index (κ1) is 14.4. The van der Waals surface area contributed by atoms with E-state index in [1.54, 1.807) is 18.2 Å². The largest absolute Gasteiger partial charge is 0.366 e. The van der Waals surface area contributed by atoms with Gasteiger partial charge in [0.25, 0.3) is 0 Å². The van der Waals surface area contributed by atoms with Crippen LogP contribution in [0.15, 0.2) is 23.2 Å². The molecule has 19 heavy (non-hydrogen) atoms. The van der Waals surface area contributed by atoms with E-state index in [1.807, 2.05) is 0 Å². The van der Waals surface area contributed by atoms with Crippen molar-refractivity contribution in [2.24, 2.45) is 4.99 Å². The zero-order valence-corrected chi connectivity index (χ0v) is 12.1. The molecular formula is C14H16Cl2N2O. The molecule has 0 unspecified atom stereocenters. The van der Waals surface area contributed by atoms with Gasteiger partial charge in [-0.2, -0.15) is 0 Å². The summed E-state index contributed by atoms with van der Waals surface area (Å²) >= 11 is 11.7. The Bertz CT molecular complexity index is 500. The highest BCUT2D eigenvalue weighted by Crippen LogP contribution is 2.22. The molecular weight excluding hydrogens is 283 g/mol. The Labute approximate surface area is 123 Å². The SMILES string of the molecule is O=C(CNC1=NCCCCC1)c1ccc(Cl)c(Cl)c1. The number of rotatable bonds is 3. The van der Waals surface area contributed by atoms with E-state index in [4.69, 9.17) is 23.2 Å². The van der Waals surface area contributed by atoms with Gasteiger partial charge in [-0.1, -0.05) is 29.6 Å². The van der Waals surface area contributed by atoms with Gasteiger partial charge in [-0.05, 0) is 31.0 Å². The van der Waals surface area contributed by atoms with Crippen molar-refractivity contribution in [1.82, 2.24) is 5.32 Å². The first-order valence-corrected chi connectivity index (χ1v) is 7.18. The van der Waals surface area contributed by atoms with E-state index in [2.05, 4.69) is 10.3 Å². The van der Waals surface area contributed by atoms with Crippen LogP contribution in [0.1, 0.15) is 36.0 Å². The molecule has 102 valence electrons. The van der Waals surface area contributed by atoms with Crippen molar-refractivity contribution in [2.75, 3.05) is 13.1 Å². The molecule has 0 radical (unpaired) electrons. The van der Waals surface area contributed by atoms with E-state index >= 15 is 0 Å². The molecule has 1 aliphatic rings. The third-order valence-electron chi connectivity index (χ3n) is 3.07. The van der Waals surface area contributed by atoms with Gasteiger partial charge < -0.3 is 5.32 Å². The Morgan fingerprint density at radius 2 is 2.05 bits per heavy atom. The average molecular weight is 299 g/mol. The molecule has 1 aromatic carbocycles. The van der Waals surface area contributed by atoms with E-state index < -0.39 is 0 Å². The fraction of sp³-hybridized carbons (Fsp3) is 0.429. The fourth-order valence-electron chi connectivity index (χ4n) is 1.97. The molecule has 1 aromatic rings. The van der Waals surface area contributed by atoms with Crippen molar-refractivity contribution in [3.05, 3.63) is 33.8 Å². The van der Waals surface area contributed by atoms with Gasteiger partial charge in [0.05, 0.1) is 22.4 Å². The molecule has 0 amide bonds. The van der Waals surface area contributed by atoms with Crippen molar-refractivity contribution in [3.63, 3.8) is 0 Å². The number of nitrogens with one attached hydrogen (secondary N) is 1. The number of ketones is 1. The smallest absolute Gasteiger partial charge is 0.181 e. The quantitative estimate of drug-likeness (QED) is 0.864. The molecule has 5 heteroatoms. The van der Waals surface area contributed by atoms with E-state index in [0.29, 0.717) is 15.6 Å². The van der Waals surface area contributed by atoms with E-state index in [-0.39, 0.29) is 12.3 Å². The minimum atomic E-state index is -0.00878. The van der Waals surface area contributed by atoms with Crippen molar-refractivity contribution >= 4 is 34.8 Å². The van der Waals surface area contributed by atoms with Crippen molar-refractivity contribution in [2.45, 2.75) is 25.7 Å². The number of nitrogens with zero attached hydrogens (tertiary/aromatic N) is 1. The highest BCUT2D eigenvalue weighted by Gasteiger charge is 2.10. The summed E-state index contributed by atoms with van der Waals surface area (Å²) in [7, 11) is 0. The molecule has 0 fully saturated rings. The number of carbonyl (C=O) groups is 1. The Morgan fingerprint density at radius 3 is 2.84 bits per heavy atom. The normalized spacial score (nSPS) is 15.6. The Balaban J connectivity index is 1.93. The number of hydrogen-bond acceptors (Lipinski definition) is 3. The average Bonchev–Trinajstić information content (AvgIpc) is 2.67. The molecule has 1 aliphatic heterocycles. The number of halogens is 2. The molecule has 0 bridgehead atoms. The van der Waals surface area contributed by atoms with Crippen LogP contribution in [-0.4, -0.2) is 24.7 Å². The zero-order valence-electron chi connectivity index (χ0n) is 10.6. The lowest BCUT2D eigenvalue weighted by molar-refractivity contribution is 0.0996. The second-order valence-corrected chi connectivity index (χ2v) is 5.36. The maximum absolute atomic E-state index is 12.0. The fourth-order valence-corrected chi connectivity index (χ4v) is 2.27. The molecule has 1 N–H and O–H groups in total. The van der Waals surface area contributed by atoms with E-state index in [0.717, 1.165) is 31.6 Å². The molecule has 1 heterocycles. The van der Waals surface area contributed by atoms with Crippen molar-refractivity contribution < 1.29 is 4.79 Å². The van der Waals surface area contributed by atoms with Crippen LogP contribution in [0.3, 0.4) is 0 Å². The zero-order chi connectivity index (χ0) is 13.7. The Kier molecular flexibility index (Phi) is 5.23. The highest BCUT2D eigenvalue weighted by atomic mass is 35.5. The van der Waals surface area contributed by atoms with Gasteiger partial charge >= 0.3 is 0 Å². The van der Waals surface area contributed by atoms with Gasteiger partial charge in [0.1, 0.15) is 0 Å². The molecule has 2 rings (SSSR count). The summed E-state index contributed by atoms with van der Waals surface area (Å²) in [6.45, 7) is 1.10. The number of carbonyl (C=O) groups excluding carboxylic acids is 1. The molecule has 0 aromatic heterocycles. The van der Waals surface area contributed by atoms with Crippen LogP contribution in [-0.2, 0) is 0 Å². The standard InChI is InChI=1S/C14H16Cl2N2O/c15-11-6-5-10(8-12(11)16)13(19)9-18-14-4-2-1-3-7-17-14/h5-6,8H,1-4,7,9H2,(H,17,18). The maximum atomic E-state index is 12.0. The van der Waals surface area contributed by atoms with E-state index in [9.17, 15) is 4.79 Å². The minimum Gasteiger partial charge on any atom is -0.366 e. The third kappa shape index (κ3) is 4.22. The first-order chi connectivity index (χ1) is 9.16. The predicted octanol–water partition coefficient (Wildman–Crippen LogP) is 3.74. The van der Waals surface area contributed by atoms with Crippen LogP contribution in [0.4, 0.5) is 0 Å². The monoisotopic (exact) mass is 298 g/mol. The van der Waals surface area contributed by atoms with Gasteiger partial charge in [-0.15, -0.1) is 0 Å². The second-order valence-electron chi connectivity index (χ2n) is 4.54. The lowest BCUT2D eigenvalue weighted by atomic mass is 10.1. The van der Waals surface area contributed by atoms with Crippen LogP contribution in [0.2, 0.25) is 10.0 Å². The lowest BCUT2D eigenvalue weighted by Crippen LogP contribution is -2.29. The predicted molar refractivity (Wildman–Crippen MR) is 79.6 cm³/mol. The number of amidine groups is 1. The summed E-state index contributed by atoms with van der Waals surface area (Å²) in [5.74, 6) is 0.927. The number of benzene rings is 1. The topological polar surface area (TPSA) is 41.5 Å². The second kappa shape index (κ2) is 6.92. The van der Waals surface area contributed by atoms with Gasteiger partial charge in [-0.3, -0.25) is 9.79 Å². The van der Waals surface area contributed by atoms with Crippen LogP contribution in [0.5, 0.6) is 0 Å². The summed E-state index contributed by atoms with van der Waals surface area (Å²) in [5.41, 5.74) is 0.566. The summed E-state index contributed by atoms with van der Waals surface area (Å²) in [5, 5.41) is 3.98. The number of hydrogen-bond donors (Lipinski definition) is 1. The van der Waals surface area contributed by atoms with Gasteiger partial charge in [0.15, 0.2) is 5.78 Å². The van der Waals surface area contributed by atoms with Crippen molar-refractivity contribution in [1.29, 1.82) is 0 Å². The first-order valence-electron chi connectivity index (χ1n) is 6.42. The summed E-state index contributed by atoms with van der Waals surface area (Å²) < 4.78 is 0. The Hall–Kier alpha value is -1.06. The van der Waals surface area contributed by atoms with Crippen LogP contribution >= 0.6 is 23.2 Å². The number of Topliss-reactive ketones (excluding diaryl/α,β-unsaturated/α-hetero) is 1. The summed E-state index contributed by atoms with van der Waals surface area (Å²) in [4.78, 5) is 16.4. The molecule has 0 atom stereocenters. The molecule has 0 spiro atoms.